The van der Waals surface area contributed by atoms with E-state index in [-0.39, 0.29) is 5.92 Å². The highest BCUT2D eigenvalue weighted by Crippen LogP contribution is 2.16. The molecule has 0 saturated heterocycles. The Morgan fingerprint density at radius 1 is 1.42 bits per heavy atom. The van der Waals surface area contributed by atoms with E-state index in [1.54, 1.807) is 0 Å². The molecule has 5 heteroatoms. The van der Waals surface area contributed by atoms with Crippen molar-refractivity contribution in [3.05, 3.63) is 12.7 Å². The van der Waals surface area contributed by atoms with Crippen LogP contribution in [0.15, 0.2) is 12.7 Å². The average Bonchev–Trinajstić information content (AvgIpc) is 2.37. The lowest BCUT2D eigenvalue weighted by molar-refractivity contribution is -0.142. The van der Waals surface area contributed by atoms with E-state index in [0.29, 0.717) is 0 Å². The summed E-state index contributed by atoms with van der Waals surface area (Å²) in [7, 11) is 0. The predicted octanol–water partition coefficient (Wildman–Crippen LogP) is 0.560. The van der Waals surface area contributed by atoms with Crippen molar-refractivity contribution in [2.24, 2.45) is 5.92 Å². The Morgan fingerprint density at radius 3 is 2.25 bits per heavy atom. The number of carboxylic acids is 1. The first-order valence-electron chi connectivity index (χ1n) is 3.70. The summed E-state index contributed by atoms with van der Waals surface area (Å²) in [5.41, 5.74) is 0. The van der Waals surface area contributed by atoms with Crippen molar-refractivity contribution in [1.29, 1.82) is 0 Å². The summed E-state index contributed by atoms with van der Waals surface area (Å²) in [5, 5.41) is 16.0. The van der Waals surface area contributed by atoms with Crippen molar-refractivity contribution < 1.29 is 9.90 Å². The van der Waals surface area contributed by atoms with Gasteiger partial charge in [0.2, 0.25) is 0 Å². The summed E-state index contributed by atoms with van der Waals surface area (Å²) in [4.78, 5) is 10.8. The van der Waals surface area contributed by atoms with Gasteiger partial charge < -0.3 is 9.67 Å². The smallest absolute Gasteiger partial charge is 0.327 e. The number of carboxylic acid groups (broad SMARTS) is 1. The van der Waals surface area contributed by atoms with Gasteiger partial charge in [0.25, 0.3) is 0 Å². The molecule has 1 aromatic rings. The van der Waals surface area contributed by atoms with E-state index in [4.69, 9.17) is 5.11 Å². The summed E-state index contributed by atoms with van der Waals surface area (Å²) in [6.07, 6.45) is 2.83. The lowest BCUT2D eigenvalue weighted by Crippen LogP contribution is -2.22. The van der Waals surface area contributed by atoms with E-state index in [1.165, 1.54) is 17.2 Å². The molecule has 0 saturated carbocycles. The second-order valence-electron chi connectivity index (χ2n) is 2.94. The zero-order valence-electron chi connectivity index (χ0n) is 7.01. The third kappa shape index (κ3) is 1.61. The van der Waals surface area contributed by atoms with Gasteiger partial charge in [-0.15, -0.1) is 10.2 Å². The van der Waals surface area contributed by atoms with E-state index >= 15 is 0 Å². The van der Waals surface area contributed by atoms with Crippen LogP contribution in [0.5, 0.6) is 0 Å². The topological polar surface area (TPSA) is 68.0 Å². The molecule has 5 nitrogen and oxygen atoms in total. The van der Waals surface area contributed by atoms with Crippen LogP contribution in [0.4, 0.5) is 0 Å². The number of rotatable bonds is 3. The molecule has 1 atom stereocenters. The molecule has 0 aromatic carbocycles. The molecule has 0 aliphatic rings. The maximum absolute atomic E-state index is 10.8. The predicted molar refractivity (Wildman–Crippen MR) is 41.5 cm³/mol. The van der Waals surface area contributed by atoms with Gasteiger partial charge in [0.15, 0.2) is 0 Å². The van der Waals surface area contributed by atoms with Crippen molar-refractivity contribution in [3.63, 3.8) is 0 Å². The highest BCUT2D eigenvalue weighted by molar-refractivity contribution is 5.72. The van der Waals surface area contributed by atoms with E-state index in [1.807, 2.05) is 13.8 Å². The summed E-state index contributed by atoms with van der Waals surface area (Å²) in [6.45, 7) is 3.69. The molecule has 1 heterocycles. The second-order valence-corrected chi connectivity index (χ2v) is 2.94. The molecular formula is C7H11N3O2. The van der Waals surface area contributed by atoms with Gasteiger partial charge in [-0.25, -0.2) is 4.79 Å². The van der Waals surface area contributed by atoms with Crippen LogP contribution in [0.1, 0.15) is 19.9 Å². The van der Waals surface area contributed by atoms with Crippen LogP contribution >= 0.6 is 0 Å². The zero-order valence-corrected chi connectivity index (χ0v) is 7.01. The first-order valence-corrected chi connectivity index (χ1v) is 3.70. The molecular weight excluding hydrogens is 158 g/mol. The molecule has 1 aromatic heterocycles. The van der Waals surface area contributed by atoms with Crippen LogP contribution in [-0.4, -0.2) is 25.8 Å². The monoisotopic (exact) mass is 169 g/mol. The number of hydrogen-bond donors (Lipinski definition) is 1. The first kappa shape index (κ1) is 8.70. The number of aromatic nitrogens is 3. The molecule has 0 unspecified atom stereocenters. The highest BCUT2D eigenvalue weighted by atomic mass is 16.4. The summed E-state index contributed by atoms with van der Waals surface area (Å²) in [5.74, 6) is -0.830. The maximum atomic E-state index is 10.8. The van der Waals surface area contributed by atoms with Crippen LogP contribution in [0.2, 0.25) is 0 Å². The molecule has 0 spiro atoms. The fourth-order valence-electron chi connectivity index (χ4n) is 1.11. The lowest BCUT2D eigenvalue weighted by atomic mass is 10.1. The molecule has 0 radical (unpaired) electrons. The molecule has 1 rings (SSSR count). The minimum Gasteiger partial charge on any atom is -0.480 e. The van der Waals surface area contributed by atoms with E-state index in [9.17, 15) is 4.79 Å². The van der Waals surface area contributed by atoms with Gasteiger partial charge in [-0.1, -0.05) is 13.8 Å². The average molecular weight is 169 g/mol. The normalized spacial score (nSPS) is 13.2. The van der Waals surface area contributed by atoms with E-state index < -0.39 is 12.0 Å². The standard InChI is InChI=1S/C7H11N3O2/c1-5(2)6(7(11)12)10-3-8-9-4-10/h3-6H,1-2H3,(H,11,12)/t6-/m0/s1. The largest absolute Gasteiger partial charge is 0.480 e. The van der Waals surface area contributed by atoms with Crippen molar-refractivity contribution in [2.75, 3.05) is 0 Å². The van der Waals surface area contributed by atoms with Gasteiger partial charge in [0.1, 0.15) is 18.7 Å². The Kier molecular flexibility index (Phi) is 2.42. The van der Waals surface area contributed by atoms with E-state index in [0.717, 1.165) is 0 Å². The molecule has 0 bridgehead atoms. The van der Waals surface area contributed by atoms with Crippen molar-refractivity contribution in [1.82, 2.24) is 14.8 Å². The van der Waals surface area contributed by atoms with Crippen LogP contribution in [0.3, 0.4) is 0 Å². The lowest BCUT2D eigenvalue weighted by Gasteiger charge is -2.16. The molecule has 0 amide bonds. The van der Waals surface area contributed by atoms with Gasteiger partial charge in [0.05, 0.1) is 0 Å². The van der Waals surface area contributed by atoms with Gasteiger partial charge in [-0.05, 0) is 5.92 Å². The fraction of sp³-hybridized carbons (Fsp3) is 0.571. The number of carbonyl (C=O) groups is 1. The van der Waals surface area contributed by atoms with Crippen LogP contribution in [-0.2, 0) is 4.79 Å². The molecule has 0 aliphatic carbocycles. The minimum absolute atomic E-state index is 0.0264. The van der Waals surface area contributed by atoms with Crippen LogP contribution in [0, 0.1) is 5.92 Å². The summed E-state index contributed by atoms with van der Waals surface area (Å²) >= 11 is 0. The van der Waals surface area contributed by atoms with E-state index in [2.05, 4.69) is 10.2 Å². The zero-order chi connectivity index (χ0) is 9.14. The van der Waals surface area contributed by atoms with Crippen molar-refractivity contribution in [3.8, 4) is 0 Å². The van der Waals surface area contributed by atoms with Gasteiger partial charge in [-0.2, -0.15) is 0 Å². The van der Waals surface area contributed by atoms with Crippen molar-refractivity contribution >= 4 is 5.97 Å². The number of hydrogen-bond acceptors (Lipinski definition) is 3. The Balaban J connectivity index is 2.88. The SMILES string of the molecule is CC(C)[C@@H](C(=O)O)n1cnnc1. The Hall–Kier alpha value is -1.39. The first-order chi connectivity index (χ1) is 5.63. The Bertz CT molecular complexity index is 256. The minimum atomic E-state index is -0.857. The Morgan fingerprint density at radius 2 is 1.92 bits per heavy atom. The van der Waals surface area contributed by atoms with Gasteiger partial charge in [0, 0.05) is 0 Å². The third-order valence-corrected chi connectivity index (χ3v) is 1.64. The maximum Gasteiger partial charge on any atom is 0.327 e. The van der Waals surface area contributed by atoms with Crippen LogP contribution in [0.25, 0.3) is 0 Å². The quantitative estimate of drug-likeness (QED) is 0.717. The van der Waals surface area contributed by atoms with Crippen molar-refractivity contribution in [2.45, 2.75) is 19.9 Å². The number of aliphatic carboxylic acids is 1. The van der Waals surface area contributed by atoms with Gasteiger partial charge in [-0.3, -0.25) is 0 Å². The third-order valence-electron chi connectivity index (χ3n) is 1.64. The molecule has 0 aliphatic heterocycles. The summed E-state index contributed by atoms with van der Waals surface area (Å²) < 4.78 is 1.49. The van der Waals surface area contributed by atoms with Crippen LogP contribution < -0.4 is 0 Å². The summed E-state index contributed by atoms with van der Waals surface area (Å²) in [6, 6.07) is -0.569. The fourth-order valence-corrected chi connectivity index (χ4v) is 1.11. The highest BCUT2D eigenvalue weighted by Gasteiger charge is 2.22. The van der Waals surface area contributed by atoms with Gasteiger partial charge >= 0.3 is 5.97 Å². The molecule has 1 N–H and O–H groups in total. The Labute approximate surface area is 70.0 Å². The molecule has 12 heavy (non-hydrogen) atoms. The number of nitrogens with zero attached hydrogens (tertiary/aromatic N) is 3. The second kappa shape index (κ2) is 3.34. The molecule has 66 valence electrons. The molecule has 0 fully saturated rings.